The predicted molar refractivity (Wildman–Crippen MR) is 122 cm³/mol. The molecule has 3 rings (SSSR count). The van der Waals surface area contributed by atoms with Gasteiger partial charge in [0, 0.05) is 44.6 Å². The van der Waals surface area contributed by atoms with Gasteiger partial charge in [0.15, 0.2) is 6.61 Å². The van der Waals surface area contributed by atoms with Gasteiger partial charge in [-0.25, -0.2) is 0 Å². The van der Waals surface area contributed by atoms with Crippen molar-refractivity contribution in [2.45, 2.75) is 19.8 Å². The zero-order chi connectivity index (χ0) is 22.9. The van der Waals surface area contributed by atoms with Crippen molar-refractivity contribution in [1.82, 2.24) is 5.32 Å². The van der Waals surface area contributed by atoms with Crippen LogP contribution in [-0.2, 0) is 19.1 Å². The molecule has 0 unspecified atom stereocenters. The number of rotatable bonds is 10. The Balaban J connectivity index is 1.48. The molecule has 0 bridgehead atoms. The van der Waals surface area contributed by atoms with Crippen LogP contribution in [0.4, 0.5) is 11.4 Å². The van der Waals surface area contributed by atoms with Crippen molar-refractivity contribution in [2.24, 2.45) is 5.92 Å². The van der Waals surface area contributed by atoms with Crippen molar-refractivity contribution in [1.29, 1.82) is 0 Å². The summed E-state index contributed by atoms with van der Waals surface area (Å²) >= 11 is 0. The third-order valence-corrected chi connectivity index (χ3v) is 5.14. The molecule has 1 aliphatic rings. The van der Waals surface area contributed by atoms with E-state index in [0.717, 1.165) is 17.7 Å². The zero-order valence-electron chi connectivity index (χ0n) is 18.4. The molecule has 0 spiro atoms. The van der Waals surface area contributed by atoms with Gasteiger partial charge >= 0.3 is 0 Å². The molecule has 0 aliphatic carbocycles. The van der Waals surface area contributed by atoms with Crippen molar-refractivity contribution in [2.75, 3.05) is 43.6 Å². The third-order valence-electron chi connectivity index (χ3n) is 5.14. The lowest BCUT2D eigenvalue weighted by atomic mass is 10.1. The zero-order valence-corrected chi connectivity index (χ0v) is 18.4. The SMILES string of the molecule is COCCCNC(=O)[C@H]1CC(=O)N(c2ccc(OCC(=O)Nc3cccc(C)c3)cc2)C1. The number of nitrogens with zero attached hydrogens (tertiary/aromatic N) is 1. The molecule has 2 N–H and O–H groups in total. The predicted octanol–water partition coefficient (Wildman–Crippen LogP) is 2.52. The van der Waals surface area contributed by atoms with E-state index in [-0.39, 0.29) is 36.7 Å². The van der Waals surface area contributed by atoms with Crippen LogP contribution < -0.4 is 20.3 Å². The highest BCUT2D eigenvalue weighted by Crippen LogP contribution is 2.27. The van der Waals surface area contributed by atoms with E-state index >= 15 is 0 Å². The Morgan fingerprint density at radius 3 is 2.66 bits per heavy atom. The fourth-order valence-corrected chi connectivity index (χ4v) is 3.50. The highest BCUT2D eigenvalue weighted by atomic mass is 16.5. The first-order valence-corrected chi connectivity index (χ1v) is 10.6. The van der Waals surface area contributed by atoms with Crippen LogP contribution >= 0.6 is 0 Å². The Morgan fingerprint density at radius 2 is 1.94 bits per heavy atom. The highest BCUT2D eigenvalue weighted by Gasteiger charge is 2.34. The summed E-state index contributed by atoms with van der Waals surface area (Å²) in [5.41, 5.74) is 2.47. The van der Waals surface area contributed by atoms with Crippen LogP contribution in [0, 0.1) is 12.8 Å². The van der Waals surface area contributed by atoms with Gasteiger partial charge in [-0.15, -0.1) is 0 Å². The molecule has 0 aromatic heterocycles. The van der Waals surface area contributed by atoms with Crippen molar-refractivity contribution < 1.29 is 23.9 Å². The average molecular weight is 440 g/mol. The monoisotopic (exact) mass is 439 g/mol. The van der Waals surface area contributed by atoms with E-state index < -0.39 is 0 Å². The molecular weight excluding hydrogens is 410 g/mol. The number of carbonyl (C=O) groups excluding carboxylic acids is 3. The largest absolute Gasteiger partial charge is 0.484 e. The standard InChI is InChI=1S/C24H29N3O5/c1-17-5-3-6-19(13-17)26-22(28)16-32-21-9-7-20(8-10-21)27-15-18(14-23(27)29)24(30)25-11-4-12-31-2/h3,5-10,13,18H,4,11-12,14-16H2,1-2H3,(H,25,30)(H,26,28)/t18-/m0/s1. The molecule has 1 heterocycles. The summed E-state index contributed by atoms with van der Waals surface area (Å²) in [5, 5.41) is 5.64. The number of benzene rings is 2. The van der Waals surface area contributed by atoms with Gasteiger partial charge in [-0.1, -0.05) is 12.1 Å². The molecule has 2 aromatic rings. The molecule has 8 heteroatoms. The number of anilines is 2. The number of aryl methyl sites for hydroxylation is 1. The van der Waals surface area contributed by atoms with Crippen LogP contribution in [0.25, 0.3) is 0 Å². The van der Waals surface area contributed by atoms with Gasteiger partial charge in [-0.3, -0.25) is 14.4 Å². The molecule has 1 fully saturated rings. The van der Waals surface area contributed by atoms with Gasteiger partial charge in [0.05, 0.1) is 5.92 Å². The Hall–Kier alpha value is -3.39. The van der Waals surface area contributed by atoms with Crippen LogP contribution in [-0.4, -0.2) is 51.1 Å². The van der Waals surface area contributed by atoms with Crippen molar-refractivity contribution >= 4 is 29.1 Å². The van der Waals surface area contributed by atoms with E-state index in [1.54, 1.807) is 36.3 Å². The van der Waals surface area contributed by atoms with E-state index in [9.17, 15) is 14.4 Å². The van der Waals surface area contributed by atoms with Crippen molar-refractivity contribution in [3.05, 3.63) is 54.1 Å². The fraction of sp³-hybridized carbons (Fsp3) is 0.375. The molecular formula is C24H29N3O5. The van der Waals surface area contributed by atoms with Gasteiger partial charge in [0.1, 0.15) is 5.75 Å². The molecule has 2 aromatic carbocycles. The Bertz CT molecular complexity index is 945. The van der Waals surface area contributed by atoms with E-state index in [1.807, 2.05) is 31.2 Å². The average Bonchev–Trinajstić information content (AvgIpc) is 3.17. The van der Waals surface area contributed by atoms with Gasteiger partial charge < -0.3 is 25.0 Å². The first-order valence-electron chi connectivity index (χ1n) is 10.6. The quantitative estimate of drug-likeness (QED) is 0.555. The molecule has 1 aliphatic heterocycles. The Kier molecular flexibility index (Phi) is 8.21. The topological polar surface area (TPSA) is 97.0 Å². The maximum absolute atomic E-state index is 12.4. The smallest absolute Gasteiger partial charge is 0.262 e. The third kappa shape index (κ3) is 6.55. The van der Waals surface area contributed by atoms with Crippen LogP contribution in [0.5, 0.6) is 5.75 Å². The summed E-state index contributed by atoms with van der Waals surface area (Å²) in [6, 6.07) is 14.5. The summed E-state index contributed by atoms with van der Waals surface area (Å²) < 4.78 is 10.5. The fourth-order valence-electron chi connectivity index (χ4n) is 3.50. The Morgan fingerprint density at radius 1 is 1.16 bits per heavy atom. The maximum atomic E-state index is 12.4. The summed E-state index contributed by atoms with van der Waals surface area (Å²) in [5.74, 6) is -0.308. The van der Waals surface area contributed by atoms with Gasteiger partial charge in [0.2, 0.25) is 11.8 Å². The number of hydrogen-bond acceptors (Lipinski definition) is 5. The highest BCUT2D eigenvalue weighted by molar-refractivity contribution is 6.00. The molecule has 1 atom stereocenters. The number of carbonyl (C=O) groups is 3. The van der Waals surface area contributed by atoms with Crippen LogP contribution in [0.15, 0.2) is 48.5 Å². The van der Waals surface area contributed by atoms with E-state index in [2.05, 4.69) is 10.6 Å². The van der Waals surface area contributed by atoms with Crippen molar-refractivity contribution in [3.8, 4) is 5.75 Å². The molecule has 32 heavy (non-hydrogen) atoms. The number of methoxy groups -OCH3 is 1. The number of hydrogen-bond donors (Lipinski definition) is 2. The molecule has 0 saturated carbocycles. The second-order valence-corrected chi connectivity index (χ2v) is 7.74. The minimum atomic E-state index is -0.369. The minimum Gasteiger partial charge on any atom is -0.484 e. The molecule has 8 nitrogen and oxygen atoms in total. The second-order valence-electron chi connectivity index (χ2n) is 7.74. The normalized spacial score (nSPS) is 15.5. The van der Waals surface area contributed by atoms with Gasteiger partial charge in [-0.2, -0.15) is 0 Å². The number of nitrogens with one attached hydrogen (secondary N) is 2. The first kappa shape index (κ1) is 23.3. The van der Waals surface area contributed by atoms with E-state index in [4.69, 9.17) is 9.47 Å². The number of amides is 3. The summed E-state index contributed by atoms with van der Waals surface area (Å²) in [4.78, 5) is 38.4. The summed E-state index contributed by atoms with van der Waals surface area (Å²) in [7, 11) is 1.62. The van der Waals surface area contributed by atoms with Crippen molar-refractivity contribution in [3.63, 3.8) is 0 Å². The molecule has 3 amide bonds. The minimum absolute atomic E-state index is 0.0896. The van der Waals surface area contributed by atoms with Crippen LogP contribution in [0.3, 0.4) is 0 Å². The molecule has 0 radical (unpaired) electrons. The van der Waals surface area contributed by atoms with Gasteiger partial charge in [-0.05, 0) is 55.3 Å². The molecule has 170 valence electrons. The van der Waals surface area contributed by atoms with Crippen LogP contribution in [0.1, 0.15) is 18.4 Å². The molecule has 1 saturated heterocycles. The summed E-state index contributed by atoms with van der Waals surface area (Å²) in [6.45, 7) is 3.28. The lowest BCUT2D eigenvalue weighted by Gasteiger charge is -2.17. The number of ether oxygens (including phenoxy) is 2. The maximum Gasteiger partial charge on any atom is 0.262 e. The van der Waals surface area contributed by atoms with Crippen LogP contribution in [0.2, 0.25) is 0 Å². The second kappa shape index (κ2) is 11.3. The Labute approximate surface area is 187 Å². The van der Waals surface area contributed by atoms with E-state index in [0.29, 0.717) is 31.1 Å². The summed E-state index contributed by atoms with van der Waals surface area (Å²) in [6.07, 6.45) is 0.921. The van der Waals surface area contributed by atoms with E-state index in [1.165, 1.54) is 0 Å². The lowest BCUT2D eigenvalue weighted by Crippen LogP contribution is -2.33. The lowest BCUT2D eigenvalue weighted by molar-refractivity contribution is -0.126. The first-order chi connectivity index (χ1) is 15.5. The van der Waals surface area contributed by atoms with Gasteiger partial charge in [0.25, 0.3) is 5.91 Å².